The minimum atomic E-state index is -0.672. The van der Waals surface area contributed by atoms with Gasteiger partial charge in [-0.05, 0) is 63.3 Å². The highest BCUT2D eigenvalue weighted by molar-refractivity contribution is 7.17. The summed E-state index contributed by atoms with van der Waals surface area (Å²) in [6, 6.07) is 6.91. The van der Waals surface area contributed by atoms with Crippen molar-refractivity contribution in [1.82, 2.24) is 14.8 Å². The van der Waals surface area contributed by atoms with Gasteiger partial charge in [-0.3, -0.25) is 14.4 Å². The molecule has 2 saturated heterocycles. The number of guanidine groups is 1. The van der Waals surface area contributed by atoms with Gasteiger partial charge in [-0.15, -0.1) is 0 Å². The van der Waals surface area contributed by atoms with E-state index in [4.69, 9.17) is 15.1 Å². The fourth-order valence-electron chi connectivity index (χ4n) is 4.78. The first-order valence-electron chi connectivity index (χ1n) is 12.8. The number of hydrogen-bond donors (Lipinski definition) is 3. The number of primary amides is 1. The van der Waals surface area contributed by atoms with Crippen LogP contribution < -0.4 is 16.4 Å². The number of aliphatic imine (C=N–C) groups is 1. The van der Waals surface area contributed by atoms with Crippen LogP contribution in [-0.4, -0.2) is 70.7 Å². The number of anilines is 2. The Bertz CT molecular complexity index is 1370. The van der Waals surface area contributed by atoms with Gasteiger partial charge in [0.15, 0.2) is 5.13 Å². The number of fused-ring (bicyclic) bond motifs is 1. The maximum atomic E-state index is 13.5. The molecule has 2 aliphatic rings. The molecule has 0 bridgehead atoms. The van der Waals surface area contributed by atoms with Crippen LogP contribution in [0.3, 0.4) is 0 Å². The second kappa shape index (κ2) is 11.2. The van der Waals surface area contributed by atoms with Crippen LogP contribution in [0.4, 0.5) is 10.8 Å². The molecule has 2 fully saturated rings. The lowest BCUT2D eigenvalue weighted by Gasteiger charge is -2.25. The molecule has 1 atom stereocenters. The number of thiazole rings is 1. The lowest BCUT2D eigenvalue weighted by Crippen LogP contribution is -2.45. The lowest BCUT2D eigenvalue weighted by molar-refractivity contribution is -0.140. The van der Waals surface area contributed by atoms with Crippen molar-refractivity contribution < 1.29 is 18.8 Å². The first kappa shape index (κ1) is 25.7. The van der Waals surface area contributed by atoms with Crippen LogP contribution >= 0.6 is 11.3 Å². The fraction of sp³-hybridized carbons (Fsp3) is 0.423. The number of aryl methyl sites for hydroxylation is 1. The van der Waals surface area contributed by atoms with Crippen molar-refractivity contribution in [2.24, 2.45) is 10.7 Å². The molecule has 1 unspecified atom stereocenters. The number of carbonyl (C=O) groups excluding carboxylic acids is 3. The van der Waals surface area contributed by atoms with Gasteiger partial charge >= 0.3 is 0 Å². The van der Waals surface area contributed by atoms with Gasteiger partial charge in [0.2, 0.25) is 17.8 Å². The summed E-state index contributed by atoms with van der Waals surface area (Å²) < 4.78 is 5.67. The minimum absolute atomic E-state index is 0.0116. The molecule has 11 nitrogen and oxygen atoms in total. The van der Waals surface area contributed by atoms with Crippen LogP contribution in [-0.2, 0) is 9.59 Å². The van der Waals surface area contributed by atoms with Crippen molar-refractivity contribution in [3.63, 3.8) is 0 Å². The van der Waals surface area contributed by atoms with Gasteiger partial charge in [0.1, 0.15) is 22.3 Å². The van der Waals surface area contributed by atoms with Crippen LogP contribution in [0.2, 0.25) is 0 Å². The summed E-state index contributed by atoms with van der Waals surface area (Å²) in [5.74, 6) is 0.357. The molecular weight excluding hydrogens is 506 g/mol. The number of hydrogen-bond acceptors (Lipinski definition) is 7. The van der Waals surface area contributed by atoms with E-state index in [1.165, 1.54) is 6.20 Å². The maximum Gasteiger partial charge on any atom is 0.260 e. The number of benzene rings is 1. The number of aromatic nitrogens is 1. The van der Waals surface area contributed by atoms with E-state index in [1.807, 2.05) is 36.1 Å². The monoisotopic (exact) mass is 537 g/mol. The SMILES string of the molecule is Cc1cc2cc(NC(=NC3CCCCN(CC(=O)N4CCCC4)C3=O)Nc3ncc(C(N)=O)s3)ccc2o1. The summed E-state index contributed by atoms with van der Waals surface area (Å²) in [7, 11) is 0. The molecule has 0 aliphatic carbocycles. The second-order valence-electron chi connectivity index (χ2n) is 9.59. The van der Waals surface area contributed by atoms with Gasteiger partial charge in [-0.1, -0.05) is 11.3 Å². The standard InChI is InChI=1S/C26H31N7O4S/c1-16-12-17-13-18(7-8-20(17)37-16)29-25(31-26-28-14-21(38-26)23(27)35)30-19-6-2-3-11-33(24(19)36)15-22(34)32-9-4-5-10-32/h7-8,12-14,19H,2-6,9-11,15H2,1H3,(H2,27,35)(H2,28,29,30,31). The zero-order chi connectivity index (χ0) is 26.6. The third-order valence-electron chi connectivity index (χ3n) is 6.70. The van der Waals surface area contributed by atoms with Gasteiger partial charge in [0.05, 0.1) is 12.7 Å². The molecule has 0 spiro atoms. The van der Waals surface area contributed by atoms with E-state index < -0.39 is 11.9 Å². The van der Waals surface area contributed by atoms with E-state index in [-0.39, 0.29) is 18.4 Å². The fourth-order valence-corrected chi connectivity index (χ4v) is 5.45. The summed E-state index contributed by atoms with van der Waals surface area (Å²) in [5, 5.41) is 7.71. The van der Waals surface area contributed by atoms with Crippen LogP contribution in [0.25, 0.3) is 11.0 Å². The third-order valence-corrected chi connectivity index (χ3v) is 7.63. The molecule has 38 heavy (non-hydrogen) atoms. The number of rotatable bonds is 6. The number of nitrogens with two attached hydrogens (primary N) is 1. The zero-order valence-corrected chi connectivity index (χ0v) is 22.1. The van der Waals surface area contributed by atoms with Gasteiger partial charge in [-0.25, -0.2) is 9.98 Å². The molecule has 0 saturated carbocycles. The summed E-state index contributed by atoms with van der Waals surface area (Å²) in [6.07, 6.45) is 5.59. The average molecular weight is 538 g/mol. The van der Waals surface area contributed by atoms with Crippen molar-refractivity contribution in [3.05, 3.63) is 41.1 Å². The molecule has 12 heteroatoms. The average Bonchev–Trinajstić information content (AvgIpc) is 3.63. The van der Waals surface area contributed by atoms with Crippen LogP contribution in [0.15, 0.2) is 39.9 Å². The Labute approximate surface area is 224 Å². The Kier molecular flexibility index (Phi) is 7.59. The Hall–Kier alpha value is -3.93. The Morgan fingerprint density at radius 1 is 1.16 bits per heavy atom. The quantitative estimate of drug-likeness (QED) is 0.323. The number of furan rings is 1. The van der Waals surface area contributed by atoms with Crippen LogP contribution in [0.5, 0.6) is 0 Å². The van der Waals surface area contributed by atoms with Gasteiger partial charge in [-0.2, -0.15) is 0 Å². The molecule has 0 radical (unpaired) electrons. The molecule has 4 N–H and O–H groups in total. The summed E-state index contributed by atoms with van der Waals surface area (Å²) in [6.45, 7) is 4.00. The molecule has 3 amide bonds. The highest BCUT2D eigenvalue weighted by atomic mass is 32.1. The minimum Gasteiger partial charge on any atom is -0.461 e. The number of carbonyl (C=O) groups is 3. The topological polar surface area (TPSA) is 146 Å². The predicted octanol–water partition coefficient (Wildman–Crippen LogP) is 3.18. The maximum absolute atomic E-state index is 13.5. The first-order valence-corrected chi connectivity index (χ1v) is 13.6. The van der Waals surface area contributed by atoms with E-state index in [1.54, 1.807) is 4.90 Å². The molecule has 2 aromatic heterocycles. The van der Waals surface area contributed by atoms with E-state index in [2.05, 4.69) is 15.6 Å². The predicted molar refractivity (Wildman–Crippen MR) is 146 cm³/mol. The number of nitrogens with zero attached hydrogens (tertiary/aromatic N) is 4. The van der Waals surface area contributed by atoms with Gasteiger partial charge in [0, 0.05) is 30.7 Å². The third kappa shape index (κ3) is 5.96. The Balaban J connectivity index is 1.40. The van der Waals surface area contributed by atoms with Crippen molar-refractivity contribution in [3.8, 4) is 0 Å². The van der Waals surface area contributed by atoms with Gasteiger partial charge in [0.25, 0.3) is 5.91 Å². The normalized spacial score (nSPS) is 18.6. The highest BCUT2D eigenvalue weighted by Gasteiger charge is 2.30. The van der Waals surface area contributed by atoms with E-state index in [0.29, 0.717) is 28.9 Å². The van der Waals surface area contributed by atoms with Gasteiger partial charge < -0.3 is 30.6 Å². The molecule has 3 aromatic rings. The van der Waals surface area contributed by atoms with E-state index >= 15 is 0 Å². The molecule has 5 rings (SSSR count). The summed E-state index contributed by atoms with van der Waals surface area (Å²) >= 11 is 1.10. The molecule has 1 aromatic carbocycles. The van der Waals surface area contributed by atoms with E-state index in [0.717, 1.165) is 72.5 Å². The smallest absolute Gasteiger partial charge is 0.260 e. The largest absolute Gasteiger partial charge is 0.461 e. The molecule has 200 valence electrons. The highest BCUT2D eigenvalue weighted by Crippen LogP contribution is 2.24. The summed E-state index contributed by atoms with van der Waals surface area (Å²) in [5.41, 5.74) is 6.89. The van der Waals surface area contributed by atoms with Crippen molar-refractivity contribution in [1.29, 1.82) is 0 Å². The van der Waals surface area contributed by atoms with Crippen molar-refractivity contribution >= 4 is 56.8 Å². The number of amides is 3. The first-order chi connectivity index (χ1) is 18.4. The summed E-state index contributed by atoms with van der Waals surface area (Å²) in [4.78, 5) is 50.6. The Morgan fingerprint density at radius 2 is 1.95 bits per heavy atom. The number of nitrogens with one attached hydrogen (secondary N) is 2. The lowest BCUT2D eigenvalue weighted by atomic mass is 10.1. The van der Waals surface area contributed by atoms with Crippen LogP contribution in [0, 0.1) is 6.92 Å². The zero-order valence-electron chi connectivity index (χ0n) is 21.2. The van der Waals surface area contributed by atoms with Crippen LogP contribution in [0.1, 0.15) is 47.5 Å². The van der Waals surface area contributed by atoms with E-state index in [9.17, 15) is 14.4 Å². The molecule has 4 heterocycles. The van der Waals surface area contributed by atoms with Crippen molar-refractivity contribution in [2.45, 2.75) is 45.1 Å². The Morgan fingerprint density at radius 3 is 2.71 bits per heavy atom. The number of likely N-dealkylation sites (tertiary alicyclic amines) is 2. The molecule has 2 aliphatic heterocycles. The molecular formula is C26H31N7O4S. The van der Waals surface area contributed by atoms with Crippen molar-refractivity contribution in [2.75, 3.05) is 36.8 Å². The second-order valence-corrected chi connectivity index (χ2v) is 10.6.